The molecule has 0 aliphatic heterocycles. The first-order chi connectivity index (χ1) is 12.0. The lowest BCUT2D eigenvalue weighted by Gasteiger charge is -2.19. The summed E-state index contributed by atoms with van der Waals surface area (Å²) < 4.78 is 37.9. The Kier molecular flexibility index (Phi) is 4.84. The summed E-state index contributed by atoms with van der Waals surface area (Å²) in [5.74, 6) is 0. The van der Waals surface area contributed by atoms with E-state index in [1.807, 2.05) is 60.7 Å². The van der Waals surface area contributed by atoms with Crippen molar-refractivity contribution in [2.75, 3.05) is 5.01 Å². The van der Waals surface area contributed by atoms with Crippen LogP contribution in [0.2, 0.25) is 0 Å². The Bertz CT molecular complexity index is 787. The highest BCUT2D eigenvalue weighted by Gasteiger charge is 2.29. The van der Waals surface area contributed by atoms with E-state index in [4.69, 9.17) is 0 Å². The monoisotopic (exact) mass is 340 g/mol. The highest BCUT2D eigenvalue weighted by Crippen LogP contribution is 2.29. The number of anilines is 2. The lowest BCUT2D eigenvalue weighted by atomic mass is 10.1. The molecule has 0 fully saturated rings. The highest BCUT2D eigenvalue weighted by molar-refractivity contribution is 5.81. The Morgan fingerprint density at radius 2 is 1.16 bits per heavy atom. The molecule has 5 heteroatoms. The molecule has 0 unspecified atom stereocenters. The van der Waals surface area contributed by atoms with E-state index in [-0.39, 0.29) is 0 Å². The summed E-state index contributed by atoms with van der Waals surface area (Å²) in [6.07, 6.45) is -2.80. The SMILES string of the molecule is FC(F)(F)c1ccc(/C=N\N(c2ccccc2)c2ccccc2)cc1. The fraction of sp³-hybridized carbons (Fsp3) is 0.0500. The van der Waals surface area contributed by atoms with Gasteiger partial charge in [-0.1, -0.05) is 48.5 Å². The number of hydrogen-bond donors (Lipinski definition) is 0. The molecule has 3 rings (SSSR count). The standard InChI is InChI=1S/C20H15F3N2/c21-20(22,23)17-13-11-16(12-14-17)15-24-25(18-7-3-1-4-8-18)19-9-5-2-6-10-19/h1-15H/b24-15-. The molecule has 2 nitrogen and oxygen atoms in total. The minimum atomic E-state index is -4.34. The summed E-state index contributed by atoms with van der Waals surface area (Å²) in [7, 11) is 0. The normalized spacial score (nSPS) is 11.6. The summed E-state index contributed by atoms with van der Waals surface area (Å²) in [5.41, 5.74) is 1.63. The van der Waals surface area contributed by atoms with Crippen molar-refractivity contribution in [2.24, 2.45) is 5.10 Å². The zero-order valence-electron chi connectivity index (χ0n) is 13.2. The van der Waals surface area contributed by atoms with Crippen molar-refractivity contribution < 1.29 is 13.2 Å². The van der Waals surface area contributed by atoms with Crippen molar-refractivity contribution in [3.8, 4) is 0 Å². The predicted molar refractivity (Wildman–Crippen MR) is 94.1 cm³/mol. The molecule has 0 atom stereocenters. The van der Waals surface area contributed by atoms with E-state index in [0.29, 0.717) is 5.56 Å². The Morgan fingerprint density at radius 3 is 1.60 bits per heavy atom. The van der Waals surface area contributed by atoms with E-state index in [0.717, 1.165) is 23.5 Å². The van der Waals surface area contributed by atoms with E-state index >= 15 is 0 Å². The van der Waals surface area contributed by atoms with E-state index < -0.39 is 11.7 Å². The molecule has 0 amide bonds. The van der Waals surface area contributed by atoms with Gasteiger partial charge in [0.25, 0.3) is 0 Å². The molecule has 0 aliphatic carbocycles. The van der Waals surface area contributed by atoms with Gasteiger partial charge in [-0.15, -0.1) is 0 Å². The molecule has 3 aromatic carbocycles. The van der Waals surface area contributed by atoms with Crippen LogP contribution in [0, 0.1) is 0 Å². The van der Waals surface area contributed by atoms with Gasteiger partial charge in [-0.25, -0.2) is 5.01 Å². The summed E-state index contributed by atoms with van der Waals surface area (Å²) in [6, 6.07) is 24.0. The zero-order valence-corrected chi connectivity index (χ0v) is 13.2. The first kappa shape index (κ1) is 16.8. The molecule has 0 N–H and O–H groups in total. The van der Waals surface area contributed by atoms with Crippen LogP contribution in [0.15, 0.2) is 90.0 Å². The Labute approximate surface area is 143 Å². The zero-order chi connectivity index (χ0) is 17.7. The number of rotatable bonds is 4. The Morgan fingerprint density at radius 1 is 0.680 bits per heavy atom. The van der Waals surface area contributed by atoms with Crippen LogP contribution in [0.4, 0.5) is 24.5 Å². The molecule has 0 aliphatic rings. The maximum absolute atomic E-state index is 12.6. The van der Waals surface area contributed by atoms with Crippen molar-refractivity contribution in [2.45, 2.75) is 6.18 Å². The van der Waals surface area contributed by atoms with E-state index in [2.05, 4.69) is 5.10 Å². The van der Waals surface area contributed by atoms with Gasteiger partial charge in [0.05, 0.1) is 23.2 Å². The second-order valence-corrected chi connectivity index (χ2v) is 5.35. The number of nitrogens with zero attached hydrogens (tertiary/aromatic N) is 2. The molecular weight excluding hydrogens is 325 g/mol. The summed E-state index contributed by atoms with van der Waals surface area (Å²) >= 11 is 0. The van der Waals surface area contributed by atoms with Crippen molar-refractivity contribution in [1.82, 2.24) is 0 Å². The van der Waals surface area contributed by atoms with Crippen LogP contribution in [-0.4, -0.2) is 6.21 Å². The van der Waals surface area contributed by atoms with Crippen molar-refractivity contribution in [3.05, 3.63) is 96.1 Å². The fourth-order valence-electron chi connectivity index (χ4n) is 2.30. The van der Waals surface area contributed by atoms with Crippen LogP contribution in [0.1, 0.15) is 11.1 Å². The van der Waals surface area contributed by atoms with Gasteiger partial charge in [0.2, 0.25) is 0 Å². The number of hydrogen-bond acceptors (Lipinski definition) is 2. The number of benzene rings is 3. The van der Waals surface area contributed by atoms with Gasteiger partial charge in [0.1, 0.15) is 0 Å². The van der Waals surface area contributed by atoms with Gasteiger partial charge in [-0.3, -0.25) is 0 Å². The number of hydrazone groups is 1. The Hall–Kier alpha value is -3.08. The van der Waals surface area contributed by atoms with Crippen LogP contribution in [0.25, 0.3) is 0 Å². The topological polar surface area (TPSA) is 15.6 Å². The molecule has 126 valence electrons. The second-order valence-electron chi connectivity index (χ2n) is 5.35. The van der Waals surface area contributed by atoms with Crippen LogP contribution >= 0.6 is 0 Å². The fourth-order valence-corrected chi connectivity index (χ4v) is 2.30. The molecular formula is C20H15F3N2. The molecule has 0 saturated carbocycles. The van der Waals surface area contributed by atoms with Gasteiger partial charge < -0.3 is 0 Å². The summed E-state index contributed by atoms with van der Waals surface area (Å²) in [4.78, 5) is 0. The minimum absolute atomic E-state index is 0.588. The van der Waals surface area contributed by atoms with Crippen LogP contribution < -0.4 is 5.01 Å². The van der Waals surface area contributed by atoms with Crippen molar-refractivity contribution >= 4 is 17.6 Å². The van der Waals surface area contributed by atoms with Gasteiger partial charge >= 0.3 is 6.18 Å². The summed E-state index contributed by atoms with van der Waals surface area (Å²) in [6.45, 7) is 0. The van der Waals surface area contributed by atoms with Gasteiger partial charge in [-0.05, 0) is 42.0 Å². The maximum atomic E-state index is 12.6. The molecule has 25 heavy (non-hydrogen) atoms. The first-order valence-corrected chi connectivity index (χ1v) is 7.65. The largest absolute Gasteiger partial charge is 0.416 e. The van der Waals surface area contributed by atoms with Crippen molar-refractivity contribution in [1.29, 1.82) is 0 Å². The van der Waals surface area contributed by atoms with E-state index in [9.17, 15) is 13.2 Å². The minimum Gasteiger partial charge on any atom is -0.234 e. The third kappa shape index (κ3) is 4.26. The van der Waals surface area contributed by atoms with E-state index in [1.165, 1.54) is 12.1 Å². The smallest absolute Gasteiger partial charge is 0.234 e. The first-order valence-electron chi connectivity index (χ1n) is 7.65. The Balaban J connectivity index is 1.89. The lowest BCUT2D eigenvalue weighted by molar-refractivity contribution is -0.137. The molecule has 0 saturated heterocycles. The molecule has 0 spiro atoms. The summed E-state index contributed by atoms with van der Waals surface area (Å²) in [5, 5.41) is 6.19. The third-order valence-electron chi connectivity index (χ3n) is 3.56. The number of para-hydroxylation sites is 2. The average Bonchev–Trinajstić information content (AvgIpc) is 2.63. The maximum Gasteiger partial charge on any atom is 0.416 e. The number of halogens is 3. The molecule has 0 aromatic heterocycles. The number of alkyl halides is 3. The third-order valence-corrected chi connectivity index (χ3v) is 3.56. The highest BCUT2D eigenvalue weighted by atomic mass is 19.4. The molecule has 0 radical (unpaired) electrons. The van der Waals surface area contributed by atoms with Crippen molar-refractivity contribution in [3.63, 3.8) is 0 Å². The predicted octanol–water partition coefficient (Wildman–Crippen LogP) is 5.88. The molecule has 0 heterocycles. The van der Waals surface area contributed by atoms with Gasteiger partial charge in [-0.2, -0.15) is 18.3 Å². The average molecular weight is 340 g/mol. The van der Waals surface area contributed by atoms with Crippen LogP contribution in [-0.2, 0) is 6.18 Å². The quantitative estimate of drug-likeness (QED) is 0.428. The van der Waals surface area contributed by atoms with Crippen LogP contribution in [0.3, 0.4) is 0 Å². The molecule has 0 bridgehead atoms. The van der Waals surface area contributed by atoms with Gasteiger partial charge in [0, 0.05) is 0 Å². The van der Waals surface area contributed by atoms with Crippen LogP contribution in [0.5, 0.6) is 0 Å². The second kappa shape index (κ2) is 7.21. The lowest BCUT2D eigenvalue weighted by Crippen LogP contribution is -2.09. The van der Waals surface area contributed by atoms with Gasteiger partial charge in [0.15, 0.2) is 0 Å². The van der Waals surface area contributed by atoms with E-state index in [1.54, 1.807) is 11.2 Å². The molecule has 3 aromatic rings.